The number of hydrogen-bond acceptors (Lipinski definition) is 5. The molecule has 0 aliphatic carbocycles. The summed E-state index contributed by atoms with van der Waals surface area (Å²) in [6.45, 7) is 2.21. The Bertz CT molecular complexity index is 558. The van der Waals surface area contributed by atoms with Gasteiger partial charge in [0.1, 0.15) is 0 Å². The smallest absolute Gasteiger partial charge is 0.335 e. The van der Waals surface area contributed by atoms with E-state index in [1.165, 1.54) is 24.6 Å². The van der Waals surface area contributed by atoms with Crippen molar-refractivity contribution in [3.8, 4) is 11.7 Å². The van der Waals surface area contributed by atoms with E-state index in [4.69, 9.17) is 5.73 Å². The fourth-order valence-corrected chi connectivity index (χ4v) is 2.32. The van der Waals surface area contributed by atoms with Crippen molar-refractivity contribution in [2.45, 2.75) is 12.8 Å². The van der Waals surface area contributed by atoms with Crippen molar-refractivity contribution < 1.29 is 9.67 Å². The number of hydrogen-bond donors (Lipinski definition) is 1. The molecule has 3 heterocycles. The van der Waals surface area contributed by atoms with Gasteiger partial charge < -0.3 is 15.7 Å². The fourth-order valence-electron chi connectivity index (χ4n) is 2.32. The number of nitrogens with two attached hydrogens (primary N) is 1. The molecule has 1 fully saturated rings. The van der Waals surface area contributed by atoms with Crippen LogP contribution in [0.5, 0.6) is 5.88 Å². The van der Waals surface area contributed by atoms with Crippen LogP contribution in [0, 0.1) is 0 Å². The zero-order chi connectivity index (χ0) is 13.2. The first kappa shape index (κ1) is 11.7. The van der Waals surface area contributed by atoms with E-state index in [2.05, 4.69) is 14.9 Å². The quantitative estimate of drug-likeness (QED) is 0.766. The Balaban J connectivity index is 1.89. The summed E-state index contributed by atoms with van der Waals surface area (Å²) in [5, 5.41) is 11.3. The lowest BCUT2D eigenvalue weighted by atomic mass is 10.3. The number of nitrogen functional groups attached to an aromatic ring is 1. The zero-order valence-electron chi connectivity index (χ0n) is 10.5. The van der Waals surface area contributed by atoms with Crippen LogP contribution in [-0.2, 0) is 0 Å². The highest BCUT2D eigenvalue weighted by Crippen LogP contribution is 2.18. The molecule has 1 aliphatic rings. The molecule has 0 bridgehead atoms. The van der Waals surface area contributed by atoms with Crippen molar-refractivity contribution in [2.75, 3.05) is 23.7 Å². The lowest BCUT2D eigenvalue weighted by Gasteiger charge is -2.16. The van der Waals surface area contributed by atoms with E-state index >= 15 is 0 Å². The molecular formula is C13H15N5O. The molecule has 98 valence electrons. The van der Waals surface area contributed by atoms with Gasteiger partial charge in [-0.05, 0) is 17.8 Å². The highest BCUT2D eigenvalue weighted by molar-refractivity contribution is 5.44. The molecule has 1 aliphatic heterocycles. The Labute approximate surface area is 111 Å². The van der Waals surface area contributed by atoms with Crippen molar-refractivity contribution in [1.29, 1.82) is 0 Å². The molecular weight excluding hydrogens is 242 g/mol. The average Bonchev–Trinajstić information content (AvgIpc) is 2.91. The van der Waals surface area contributed by atoms with E-state index < -0.39 is 0 Å². The molecule has 2 N–H and O–H groups in total. The van der Waals surface area contributed by atoms with Gasteiger partial charge in [-0.1, -0.05) is 0 Å². The van der Waals surface area contributed by atoms with E-state index in [9.17, 15) is 5.11 Å². The predicted octanol–water partition coefficient (Wildman–Crippen LogP) is 0.00930. The van der Waals surface area contributed by atoms with Crippen LogP contribution in [0.4, 0.5) is 11.6 Å². The average molecular weight is 257 g/mol. The second-order valence-corrected chi connectivity index (χ2v) is 4.58. The number of anilines is 2. The summed E-state index contributed by atoms with van der Waals surface area (Å²) in [6, 6.07) is 5.41. The molecule has 0 saturated carbocycles. The van der Waals surface area contributed by atoms with Crippen molar-refractivity contribution in [2.24, 2.45) is 0 Å². The maximum absolute atomic E-state index is 11.3. The first-order valence-corrected chi connectivity index (χ1v) is 6.30. The van der Waals surface area contributed by atoms with Gasteiger partial charge in [-0.25, -0.2) is 9.55 Å². The van der Waals surface area contributed by atoms with Crippen LogP contribution in [0.2, 0.25) is 0 Å². The number of nitrogens with zero attached hydrogens (tertiary/aromatic N) is 4. The van der Waals surface area contributed by atoms with Gasteiger partial charge in [-0.2, -0.15) is 0 Å². The maximum atomic E-state index is 11.3. The first-order chi connectivity index (χ1) is 9.22. The van der Waals surface area contributed by atoms with E-state index in [0.29, 0.717) is 5.82 Å². The molecule has 0 unspecified atom stereocenters. The Morgan fingerprint density at radius 2 is 1.84 bits per heavy atom. The minimum Gasteiger partial charge on any atom is -0.858 e. The highest BCUT2D eigenvalue weighted by Gasteiger charge is 2.14. The number of pyridine rings is 1. The topological polar surface area (TPSA) is 82.0 Å². The Morgan fingerprint density at radius 1 is 1.16 bits per heavy atom. The molecule has 2 aromatic rings. The van der Waals surface area contributed by atoms with E-state index in [1.807, 2.05) is 24.5 Å². The third-order valence-electron chi connectivity index (χ3n) is 3.25. The van der Waals surface area contributed by atoms with E-state index in [-0.39, 0.29) is 11.8 Å². The summed E-state index contributed by atoms with van der Waals surface area (Å²) in [7, 11) is 0. The Kier molecular flexibility index (Phi) is 2.91. The van der Waals surface area contributed by atoms with Gasteiger partial charge in [0, 0.05) is 42.9 Å². The van der Waals surface area contributed by atoms with Crippen molar-refractivity contribution >= 4 is 11.6 Å². The van der Waals surface area contributed by atoms with Crippen LogP contribution in [0.3, 0.4) is 0 Å². The zero-order valence-corrected chi connectivity index (χ0v) is 10.5. The second-order valence-electron chi connectivity index (χ2n) is 4.58. The third kappa shape index (κ3) is 2.42. The van der Waals surface area contributed by atoms with Crippen LogP contribution in [0.1, 0.15) is 12.8 Å². The largest absolute Gasteiger partial charge is 0.858 e. The SMILES string of the molecule is Nc1nc([O-])cc(-[n+]2ccc(N3CCCC3)cc2)n1. The van der Waals surface area contributed by atoms with Gasteiger partial charge in [-0.3, -0.25) is 0 Å². The van der Waals surface area contributed by atoms with Gasteiger partial charge in [0.2, 0.25) is 0 Å². The minimum absolute atomic E-state index is 0.00128. The minimum atomic E-state index is -0.376. The molecule has 2 aromatic heterocycles. The second kappa shape index (κ2) is 4.72. The summed E-state index contributed by atoms with van der Waals surface area (Å²) < 4.78 is 1.76. The van der Waals surface area contributed by atoms with Crippen molar-refractivity contribution in [1.82, 2.24) is 9.97 Å². The molecule has 0 spiro atoms. The summed E-state index contributed by atoms with van der Waals surface area (Å²) in [4.78, 5) is 9.92. The summed E-state index contributed by atoms with van der Waals surface area (Å²) >= 11 is 0. The third-order valence-corrected chi connectivity index (χ3v) is 3.25. The normalized spacial score (nSPS) is 14.8. The molecule has 0 amide bonds. The predicted molar refractivity (Wildman–Crippen MR) is 68.9 cm³/mol. The summed E-state index contributed by atoms with van der Waals surface area (Å²) in [5.74, 6) is 0.114. The van der Waals surface area contributed by atoms with E-state index in [1.54, 1.807) is 4.57 Å². The molecule has 19 heavy (non-hydrogen) atoms. The van der Waals surface area contributed by atoms with Gasteiger partial charge in [0.05, 0.1) is 12.4 Å². The van der Waals surface area contributed by atoms with Crippen LogP contribution in [-0.4, -0.2) is 23.1 Å². The molecule has 0 atom stereocenters. The van der Waals surface area contributed by atoms with Gasteiger partial charge in [-0.15, -0.1) is 0 Å². The van der Waals surface area contributed by atoms with Gasteiger partial charge >= 0.3 is 11.8 Å². The molecule has 1 saturated heterocycles. The molecule has 3 rings (SSSR count). The molecule has 0 aromatic carbocycles. The lowest BCUT2D eigenvalue weighted by molar-refractivity contribution is -0.599. The van der Waals surface area contributed by atoms with Crippen LogP contribution in [0.15, 0.2) is 30.6 Å². The molecule has 6 heteroatoms. The van der Waals surface area contributed by atoms with Gasteiger partial charge in [0.25, 0.3) is 0 Å². The van der Waals surface area contributed by atoms with Crippen LogP contribution >= 0.6 is 0 Å². The van der Waals surface area contributed by atoms with E-state index in [0.717, 1.165) is 13.1 Å². The molecule has 6 nitrogen and oxygen atoms in total. The van der Waals surface area contributed by atoms with Gasteiger partial charge in [0.15, 0.2) is 0 Å². The first-order valence-electron chi connectivity index (χ1n) is 6.30. The fraction of sp³-hybridized carbons (Fsp3) is 0.308. The Morgan fingerprint density at radius 3 is 2.47 bits per heavy atom. The monoisotopic (exact) mass is 257 g/mol. The Hall–Kier alpha value is -2.37. The molecule has 0 radical (unpaired) electrons. The van der Waals surface area contributed by atoms with Crippen LogP contribution < -0.4 is 20.3 Å². The number of rotatable bonds is 2. The standard InChI is InChI=1S/C13H15N5O/c14-13-15-11(9-12(19)16-13)18-7-3-10(4-8-18)17-5-1-2-6-17/h3-4,7-9H,1-2,5-6H2,(H2-,14,15,16,19). The van der Waals surface area contributed by atoms with Crippen molar-refractivity contribution in [3.05, 3.63) is 30.6 Å². The summed E-state index contributed by atoms with van der Waals surface area (Å²) in [6.07, 6.45) is 6.26. The lowest BCUT2D eigenvalue weighted by Crippen LogP contribution is -2.32. The highest BCUT2D eigenvalue weighted by atomic mass is 16.3. The summed E-state index contributed by atoms with van der Waals surface area (Å²) in [5.41, 5.74) is 6.68. The number of aromatic nitrogens is 3. The maximum Gasteiger partial charge on any atom is 0.335 e. The van der Waals surface area contributed by atoms with Crippen molar-refractivity contribution in [3.63, 3.8) is 0 Å². The van der Waals surface area contributed by atoms with Crippen LogP contribution in [0.25, 0.3) is 5.82 Å².